The summed E-state index contributed by atoms with van der Waals surface area (Å²) in [6.07, 6.45) is 22.3. The Hall–Kier alpha value is -0.690. The maximum atomic E-state index is 2.42. The van der Waals surface area contributed by atoms with Crippen molar-refractivity contribution >= 4 is 11.8 Å². The fourth-order valence-corrected chi connectivity index (χ4v) is 6.02. The van der Waals surface area contributed by atoms with Crippen LogP contribution in [0.15, 0.2) is 47.6 Å². The largest absolute Gasteiger partial charge is 0.146 e. The van der Waals surface area contributed by atoms with Crippen molar-refractivity contribution in [3.05, 3.63) is 47.6 Å². The summed E-state index contributed by atoms with van der Waals surface area (Å²) >= 11 is 2.28. The van der Waals surface area contributed by atoms with Crippen LogP contribution in [-0.4, -0.2) is 10.5 Å². The Morgan fingerprint density at radius 2 is 1.26 bits per heavy atom. The molecule has 0 bridgehead atoms. The van der Waals surface area contributed by atoms with E-state index in [1.54, 1.807) is 11.1 Å². The van der Waals surface area contributed by atoms with Crippen molar-refractivity contribution in [1.29, 1.82) is 0 Å². The molecule has 2 fully saturated rings. The number of thioether (sulfide) groups is 1. The van der Waals surface area contributed by atoms with Gasteiger partial charge in [0.2, 0.25) is 0 Å². The lowest BCUT2D eigenvalue weighted by Gasteiger charge is -2.23. The van der Waals surface area contributed by atoms with Crippen molar-refractivity contribution in [3.8, 4) is 0 Å². The molecule has 100 valence electrons. The molecule has 0 spiro atoms. The normalized spacial score (nSPS) is 39.8. The fraction of sp³-hybridized carbons (Fsp3) is 0.556. The van der Waals surface area contributed by atoms with Crippen LogP contribution in [0.1, 0.15) is 38.5 Å². The van der Waals surface area contributed by atoms with Crippen molar-refractivity contribution in [1.82, 2.24) is 0 Å². The van der Waals surface area contributed by atoms with Crippen LogP contribution >= 0.6 is 11.8 Å². The molecule has 4 rings (SSSR count). The molecule has 0 radical (unpaired) electrons. The Morgan fingerprint density at radius 3 is 1.79 bits per heavy atom. The molecule has 4 aliphatic carbocycles. The molecule has 0 aromatic heterocycles. The third-order valence-electron chi connectivity index (χ3n) is 5.26. The molecule has 0 amide bonds. The van der Waals surface area contributed by atoms with E-state index in [0.29, 0.717) is 0 Å². The van der Waals surface area contributed by atoms with Crippen LogP contribution in [0.4, 0.5) is 0 Å². The van der Waals surface area contributed by atoms with Gasteiger partial charge in [-0.3, -0.25) is 0 Å². The second-order valence-corrected chi connectivity index (χ2v) is 7.73. The third kappa shape index (κ3) is 2.16. The molecule has 4 unspecified atom stereocenters. The molecule has 1 heteroatoms. The highest BCUT2D eigenvalue weighted by atomic mass is 32.2. The summed E-state index contributed by atoms with van der Waals surface area (Å²) in [4.78, 5) is 0. The molecule has 0 aromatic carbocycles. The van der Waals surface area contributed by atoms with E-state index in [1.807, 2.05) is 0 Å². The smallest absolute Gasteiger partial charge is 0.0268 e. The fourth-order valence-electron chi connectivity index (χ4n) is 4.23. The molecule has 4 atom stereocenters. The number of hydrogen-bond acceptors (Lipinski definition) is 1. The van der Waals surface area contributed by atoms with Crippen molar-refractivity contribution in [2.24, 2.45) is 11.8 Å². The predicted octanol–water partition coefficient (Wildman–Crippen LogP) is 5.05. The van der Waals surface area contributed by atoms with Gasteiger partial charge >= 0.3 is 0 Å². The van der Waals surface area contributed by atoms with Gasteiger partial charge < -0.3 is 0 Å². The van der Waals surface area contributed by atoms with E-state index in [-0.39, 0.29) is 0 Å². The van der Waals surface area contributed by atoms with Gasteiger partial charge in [0.15, 0.2) is 0 Å². The Labute approximate surface area is 120 Å². The summed E-state index contributed by atoms with van der Waals surface area (Å²) in [6.45, 7) is 0. The molecular weight excluding hydrogens is 248 g/mol. The summed E-state index contributed by atoms with van der Waals surface area (Å²) in [6, 6.07) is 0. The van der Waals surface area contributed by atoms with Crippen LogP contribution in [0.25, 0.3) is 0 Å². The first-order chi connectivity index (χ1) is 9.42. The quantitative estimate of drug-likeness (QED) is 0.676. The average molecular weight is 270 g/mol. The third-order valence-corrected chi connectivity index (χ3v) is 6.93. The SMILES string of the molecule is C1=CCC2CCC(SC3CCC4CC=CC=C43)C2=C1. The van der Waals surface area contributed by atoms with E-state index in [0.717, 1.165) is 22.3 Å². The number of rotatable bonds is 2. The Morgan fingerprint density at radius 1 is 0.737 bits per heavy atom. The molecule has 0 heterocycles. The summed E-state index contributed by atoms with van der Waals surface area (Å²) in [7, 11) is 0. The monoisotopic (exact) mass is 270 g/mol. The number of hydrogen-bond donors (Lipinski definition) is 0. The molecule has 0 N–H and O–H groups in total. The molecular formula is C18H22S. The van der Waals surface area contributed by atoms with Gasteiger partial charge in [-0.1, -0.05) is 47.6 Å². The molecule has 0 aromatic rings. The van der Waals surface area contributed by atoms with Crippen LogP contribution in [0.3, 0.4) is 0 Å². The zero-order valence-electron chi connectivity index (χ0n) is 11.4. The van der Waals surface area contributed by atoms with Crippen LogP contribution in [0.2, 0.25) is 0 Å². The summed E-state index contributed by atoms with van der Waals surface area (Å²) in [5.74, 6) is 1.75. The van der Waals surface area contributed by atoms with Crippen molar-refractivity contribution < 1.29 is 0 Å². The topological polar surface area (TPSA) is 0 Å². The van der Waals surface area contributed by atoms with E-state index in [4.69, 9.17) is 0 Å². The van der Waals surface area contributed by atoms with Crippen LogP contribution < -0.4 is 0 Å². The van der Waals surface area contributed by atoms with E-state index in [2.05, 4.69) is 48.2 Å². The summed E-state index contributed by atoms with van der Waals surface area (Å²) in [5.41, 5.74) is 3.51. The minimum Gasteiger partial charge on any atom is -0.146 e. The van der Waals surface area contributed by atoms with Gasteiger partial charge in [-0.25, -0.2) is 0 Å². The zero-order chi connectivity index (χ0) is 12.7. The van der Waals surface area contributed by atoms with Gasteiger partial charge in [0.1, 0.15) is 0 Å². The maximum absolute atomic E-state index is 2.42. The molecule has 4 aliphatic rings. The second-order valence-electron chi connectivity index (χ2n) is 6.32. The second kappa shape index (κ2) is 5.01. The van der Waals surface area contributed by atoms with Crippen molar-refractivity contribution in [2.45, 2.75) is 49.0 Å². The highest BCUT2D eigenvalue weighted by molar-refractivity contribution is 8.00. The lowest BCUT2D eigenvalue weighted by Crippen LogP contribution is -2.13. The van der Waals surface area contributed by atoms with Crippen molar-refractivity contribution in [2.75, 3.05) is 0 Å². The highest BCUT2D eigenvalue weighted by Gasteiger charge is 2.37. The van der Waals surface area contributed by atoms with E-state index < -0.39 is 0 Å². The summed E-state index contributed by atoms with van der Waals surface area (Å²) < 4.78 is 0. The maximum Gasteiger partial charge on any atom is 0.0268 e. The van der Waals surface area contributed by atoms with Crippen LogP contribution in [0, 0.1) is 11.8 Å². The lowest BCUT2D eigenvalue weighted by molar-refractivity contribution is 0.633. The number of allylic oxidation sites excluding steroid dienone is 6. The van der Waals surface area contributed by atoms with E-state index in [1.165, 1.54) is 38.5 Å². The molecule has 0 nitrogen and oxygen atoms in total. The summed E-state index contributed by atoms with van der Waals surface area (Å²) in [5, 5.41) is 1.62. The van der Waals surface area contributed by atoms with Crippen LogP contribution in [0.5, 0.6) is 0 Å². The zero-order valence-corrected chi connectivity index (χ0v) is 12.2. The molecule has 0 aliphatic heterocycles. The number of fused-ring (bicyclic) bond motifs is 2. The minimum atomic E-state index is 0.811. The van der Waals surface area contributed by atoms with Crippen LogP contribution in [-0.2, 0) is 0 Å². The Bertz CT molecular complexity index is 436. The van der Waals surface area contributed by atoms with Gasteiger partial charge in [-0.15, -0.1) is 11.8 Å². The van der Waals surface area contributed by atoms with E-state index >= 15 is 0 Å². The first kappa shape index (κ1) is 12.1. The van der Waals surface area contributed by atoms with E-state index in [9.17, 15) is 0 Å². The van der Waals surface area contributed by atoms with Gasteiger partial charge in [0, 0.05) is 10.5 Å². The van der Waals surface area contributed by atoms with Gasteiger partial charge in [-0.05, 0) is 50.4 Å². The van der Waals surface area contributed by atoms with Gasteiger partial charge in [0.05, 0.1) is 0 Å². The first-order valence-corrected chi connectivity index (χ1v) is 8.75. The highest BCUT2D eigenvalue weighted by Crippen LogP contribution is 2.49. The van der Waals surface area contributed by atoms with Crippen molar-refractivity contribution in [3.63, 3.8) is 0 Å². The van der Waals surface area contributed by atoms with Gasteiger partial charge in [-0.2, -0.15) is 0 Å². The minimum absolute atomic E-state index is 0.811. The molecule has 2 saturated carbocycles. The van der Waals surface area contributed by atoms with Gasteiger partial charge in [0.25, 0.3) is 0 Å². The lowest BCUT2D eigenvalue weighted by atomic mass is 9.94. The predicted molar refractivity (Wildman–Crippen MR) is 84.3 cm³/mol. The average Bonchev–Trinajstić information content (AvgIpc) is 3.05. The Balaban J connectivity index is 1.50. The molecule has 0 saturated heterocycles. The molecule has 19 heavy (non-hydrogen) atoms. The first-order valence-electron chi connectivity index (χ1n) is 7.80. The Kier molecular flexibility index (Phi) is 3.19. The standard InChI is InChI=1S/C18H22S/c1-3-7-15-13(5-1)9-11-17(15)19-18-12-10-14-6-2-4-8-16(14)18/h1-4,7-8,13-14,17-18H,5-6,9-12H2.